The molecule has 96 valence electrons. The Morgan fingerprint density at radius 1 is 0.941 bits per heavy atom. The third kappa shape index (κ3) is 5.65. The van der Waals surface area contributed by atoms with Gasteiger partial charge in [-0.25, -0.2) is 0 Å². The fourth-order valence-corrected chi connectivity index (χ4v) is 1.16. The largest absolute Gasteiger partial charge is 0.464 e. The summed E-state index contributed by atoms with van der Waals surface area (Å²) in [5.41, 5.74) is 0. The molecule has 0 N–H and O–H groups in total. The number of ether oxygens (including phenoxy) is 3. The molecule has 0 aliphatic rings. The van der Waals surface area contributed by atoms with Gasteiger partial charge < -0.3 is 14.2 Å². The summed E-state index contributed by atoms with van der Waals surface area (Å²) in [5, 5.41) is 0.0490. The van der Waals surface area contributed by atoms with Crippen LogP contribution in [-0.4, -0.2) is 41.4 Å². The second kappa shape index (κ2) is 8.03. The number of rotatable bonds is 8. The van der Waals surface area contributed by atoms with Gasteiger partial charge in [0.1, 0.15) is 6.61 Å². The predicted octanol–water partition coefficient (Wildman–Crippen LogP) is 1.73. The first-order valence-electron chi connectivity index (χ1n) is 5.51. The van der Waals surface area contributed by atoms with Crippen molar-refractivity contribution in [2.75, 3.05) is 26.4 Å². The Morgan fingerprint density at radius 2 is 1.65 bits per heavy atom. The molecule has 6 nitrogen and oxygen atoms in total. The van der Waals surface area contributed by atoms with Gasteiger partial charge in [0.2, 0.25) is 5.28 Å². The maximum Gasteiger partial charge on any atom is 0.324 e. The molecule has 0 saturated heterocycles. The Kier molecular flexibility index (Phi) is 6.57. The Labute approximate surface area is 105 Å². The van der Waals surface area contributed by atoms with Crippen LogP contribution < -0.4 is 9.47 Å². The van der Waals surface area contributed by atoms with Crippen molar-refractivity contribution in [3.63, 3.8) is 0 Å². The highest BCUT2D eigenvalue weighted by molar-refractivity contribution is 6.28. The lowest BCUT2D eigenvalue weighted by Crippen LogP contribution is -2.10. The maximum atomic E-state index is 5.69. The summed E-state index contributed by atoms with van der Waals surface area (Å²) in [4.78, 5) is 11.5. The molecule has 0 unspecified atom stereocenters. The van der Waals surface area contributed by atoms with E-state index in [9.17, 15) is 0 Å². The van der Waals surface area contributed by atoms with Crippen LogP contribution in [0.5, 0.6) is 12.0 Å². The molecule has 0 atom stereocenters. The van der Waals surface area contributed by atoms with Crippen molar-refractivity contribution in [3.8, 4) is 12.0 Å². The Balaban J connectivity index is 2.41. The zero-order valence-corrected chi connectivity index (χ0v) is 10.7. The van der Waals surface area contributed by atoms with Crippen molar-refractivity contribution in [1.29, 1.82) is 0 Å². The van der Waals surface area contributed by atoms with Crippen molar-refractivity contribution in [1.82, 2.24) is 15.0 Å². The van der Waals surface area contributed by atoms with Crippen LogP contribution in [0, 0.1) is 0 Å². The minimum Gasteiger partial charge on any atom is -0.464 e. The molecular weight excluding hydrogens is 246 g/mol. The topological polar surface area (TPSA) is 66.4 Å². The third-order valence-corrected chi connectivity index (χ3v) is 1.82. The van der Waals surface area contributed by atoms with Gasteiger partial charge in [-0.15, -0.1) is 4.98 Å². The average molecular weight is 262 g/mol. The molecule has 1 aromatic heterocycles. The number of nitrogens with zero attached hydrogens (tertiary/aromatic N) is 3. The van der Waals surface area contributed by atoms with Gasteiger partial charge in [0.25, 0.3) is 0 Å². The minimum atomic E-state index is 0.0490. The van der Waals surface area contributed by atoms with E-state index < -0.39 is 0 Å². The number of aromatic nitrogens is 3. The Bertz CT molecular complexity index is 339. The Morgan fingerprint density at radius 3 is 2.29 bits per heavy atom. The molecule has 0 bridgehead atoms. The minimum absolute atomic E-state index is 0.0490. The van der Waals surface area contributed by atoms with Gasteiger partial charge >= 0.3 is 12.0 Å². The molecule has 7 heteroatoms. The molecule has 1 heterocycles. The van der Waals surface area contributed by atoms with Gasteiger partial charge in [0.05, 0.1) is 13.2 Å². The predicted molar refractivity (Wildman–Crippen MR) is 62.6 cm³/mol. The maximum absolute atomic E-state index is 5.69. The highest BCUT2D eigenvalue weighted by Crippen LogP contribution is 2.12. The van der Waals surface area contributed by atoms with Crippen LogP contribution in [-0.2, 0) is 4.74 Å². The second-order valence-corrected chi connectivity index (χ2v) is 3.40. The molecule has 0 amide bonds. The average Bonchev–Trinajstić information content (AvgIpc) is 2.28. The van der Waals surface area contributed by atoms with Crippen LogP contribution in [0.3, 0.4) is 0 Å². The molecule has 0 aliphatic carbocycles. The fraction of sp³-hybridized carbons (Fsp3) is 0.700. The van der Waals surface area contributed by atoms with Crippen LogP contribution >= 0.6 is 11.6 Å². The summed E-state index contributed by atoms with van der Waals surface area (Å²) in [6.07, 6.45) is 0.978. The number of halogens is 1. The third-order valence-electron chi connectivity index (χ3n) is 1.65. The van der Waals surface area contributed by atoms with Gasteiger partial charge in [-0.1, -0.05) is 6.92 Å². The van der Waals surface area contributed by atoms with E-state index >= 15 is 0 Å². The van der Waals surface area contributed by atoms with E-state index in [2.05, 4.69) is 15.0 Å². The molecule has 0 saturated carbocycles. The van der Waals surface area contributed by atoms with Crippen LogP contribution in [0.2, 0.25) is 5.28 Å². The standard InChI is InChI=1S/C10H16ClN3O3/c1-3-5-15-6-7-17-10-13-8(11)12-9(14-10)16-4-2/h3-7H2,1-2H3. The summed E-state index contributed by atoms with van der Waals surface area (Å²) in [5.74, 6) is 0. The molecule has 1 rings (SSSR count). The van der Waals surface area contributed by atoms with Crippen molar-refractivity contribution < 1.29 is 14.2 Å². The zero-order valence-electron chi connectivity index (χ0n) is 9.98. The van der Waals surface area contributed by atoms with E-state index in [4.69, 9.17) is 25.8 Å². The van der Waals surface area contributed by atoms with Crippen molar-refractivity contribution in [2.45, 2.75) is 20.3 Å². The van der Waals surface area contributed by atoms with E-state index in [0.29, 0.717) is 26.4 Å². The lowest BCUT2D eigenvalue weighted by Gasteiger charge is -2.06. The van der Waals surface area contributed by atoms with Gasteiger partial charge in [-0.05, 0) is 24.9 Å². The van der Waals surface area contributed by atoms with E-state index in [1.807, 2.05) is 13.8 Å². The molecular formula is C10H16ClN3O3. The van der Waals surface area contributed by atoms with Crippen LogP contribution in [0.25, 0.3) is 0 Å². The summed E-state index contributed by atoms with van der Waals surface area (Å²) in [6.45, 7) is 5.90. The lowest BCUT2D eigenvalue weighted by molar-refractivity contribution is 0.0966. The number of hydrogen-bond donors (Lipinski definition) is 0. The Hall–Kier alpha value is -1.14. The van der Waals surface area contributed by atoms with E-state index in [-0.39, 0.29) is 17.3 Å². The van der Waals surface area contributed by atoms with Gasteiger partial charge in [-0.2, -0.15) is 9.97 Å². The molecule has 0 aromatic carbocycles. The normalized spacial score (nSPS) is 10.3. The van der Waals surface area contributed by atoms with Crippen LogP contribution in [0.15, 0.2) is 0 Å². The first kappa shape index (κ1) is 13.9. The molecule has 0 radical (unpaired) electrons. The molecule has 0 aliphatic heterocycles. The van der Waals surface area contributed by atoms with Crippen LogP contribution in [0.4, 0.5) is 0 Å². The van der Waals surface area contributed by atoms with Gasteiger partial charge in [0, 0.05) is 6.61 Å². The smallest absolute Gasteiger partial charge is 0.324 e. The molecule has 1 aromatic rings. The first-order valence-corrected chi connectivity index (χ1v) is 5.89. The lowest BCUT2D eigenvalue weighted by atomic mass is 10.5. The quantitative estimate of drug-likeness (QED) is 0.664. The molecule has 17 heavy (non-hydrogen) atoms. The van der Waals surface area contributed by atoms with Crippen LogP contribution in [0.1, 0.15) is 20.3 Å². The molecule has 0 fully saturated rings. The highest BCUT2D eigenvalue weighted by atomic mass is 35.5. The monoisotopic (exact) mass is 261 g/mol. The van der Waals surface area contributed by atoms with Gasteiger partial charge in [-0.3, -0.25) is 0 Å². The fourth-order valence-electron chi connectivity index (χ4n) is 1.01. The van der Waals surface area contributed by atoms with Gasteiger partial charge in [0.15, 0.2) is 0 Å². The van der Waals surface area contributed by atoms with Crippen molar-refractivity contribution in [3.05, 3.63) is 5.28 Å². The van der Waals surface area contributed by atoms with Crippen molar-refractivity contribution >= 4 is 11.6 Å². The van der Waals surface area contributed by atoms with Crippen molar-refractivity contribution in [2.24, 2.45) is 0 Å². The highest BCUT2D eigenvalue weighted by Gasteiger charge is 2.06. The summed E-state index contributed by atoms with van der Waals surface area (Å²) >= 11 is 5.69. The number of hydrogen-bond acceptors (Lipinski definition) is 6. The van der Waals surface area contributed by atoms with E-state index in [1.54, 1.807) is 0 Å². The first-order chi connectivity index (χ1) is 8.26. The van der Waals surface area contributed by atoms with E-state index in [0.717, 1.165) is 6.42 Å². The molecule has 0 spiro atoms. The second-order valence-electron chi connectivity index (χ2n) is 3.06. The SMILES string of the molecule is CCCOCCOc1nc(Cl)nc(OCC)n1. The zero-order chi connectivity index (χ0) is 12.5. The summed E-state index contributed by atoms with van der Waals surface area (Å²) < 4.78 is 15.6. The van der Waals surface area contributed by atoms with E-state index in [1.165, 1.54) is 0 Å². The summed E-state index contributed by atoms with van der Waals surface area (Å²) in [6, 6.07) is 0.311. The summed E-state index contributed by atoms with van der Waals surface area (Å²) in [7, 11) is 0.